The molecule has 3 rings (SSSR count). The Bertz CT molecular complexity index is 1520. The molecule has 2 unspecified atom stereocenters. The largest absolute Gasteiger partial charge is 0.413 e. The van der Waals surface area contributed by atoms with E-state index in [0.29, 0.717) is 11.6 Å². The zero-order valence-electron chi connectivity index (χ0n) is 25.2. The fourth-order valence-corrected chi connectivity index (χ4v) is 7.30. The zero-order chi connectivity index (χ0) is 31.7. The summed E-state index contributed by atoms with van der Waals surface area (Å²) >= 11 is 0. The van der Waals surface area contributed by atoms with Crippen LogP contribution in [0.2, 0.25) is 18.1 Å². The number of pyridine rings is 1. The topological polar surface area (TPSA) is 85.4 Å². The van der Waals surface area contributed by atoms with Crippen molar-refractivity contribution < 1.29 is 30.2 Å². The number of rotatable bonds is 10. The molecule has 0 aliphatic heterocycles. The summed E-state index contributed by atoms with van der Waals surface area (Å²) in [6.07, 6.45) is 1.42. The molecule has 3 atom stereocenters. The number of nitrogens with zero attached hydrogens (tertiary/aromatic N) is 1. The van der Waals surface area contributed by atoms with Gasteiger partial charge in [0.05, 0.1) is 32.9 Å². The van der Waals surface area contributed by atoms with Crippen molar-refractivity contribution >= 4 is 29.1 Å². The van der Waals surface area contributed by atoms with Crippen molar-refractivity contribution in [1.29, 1.82) is 0 Å². The highest BCUT2D eigenvalue weighted by Gasteiger charge is 2.53. The lowest BCUT2D eigenvalue weighted by Gasteiger charge is -2.38. The molecule has 1 heterocycles. The summed E-state index contributed by atoms with van der Waals surface area (Å²) in [5.41, 5.74) is -5.20. The van der Waals surface area contributed by atoms with E-state index in [1.165, 1.54) is 36.5 Å². The van der Waals surface area contributed by atoms with Crippen LogP contribution in [0.15, 0.2) is 71.8 Å². The maximum absolute atomic E-state index is 17.0. The molecule has 0 aliphatic rings. The number of aromatic nitrogens is 1. The molecular formula is C30H39F3N2O4S2Si. The maximum atomic E-state index is 17.0. The molecule has 3 aromatic rings. The quantitative estimate of drug-likeness (QED) is 0.243. The molecule has 6 nitrogen and oxygen atoms in total. The van der Waals surface area contributed by atoms with Crippen molar-refractivity contribution in [2.45, 2.75) is 87.0 Å². The van der Waals surface area contributed by atoms with Gasteiger partial charge in [0.2, 0.25) is 15.3 Å². The Labute approximate surface area is 250 Å². The highest BCUT2D eigenvalue weighted by Crippen LogP contribution is 2.41. The molecule has 42 heavy (non-hydrogen) atoms. The lowest BCUT2D eigenvalue weighted by molar-refractivity contribution is 0.271. The molecule has 230 valence electrons. The van der Waals surface area contributed by atoms with Crippen LogP contribution in [-0.4, -0.2) is 36.2 Å². The van der Waals surface area contributed by atoms with E-state index in [0.717, 1.165) is 12.1 Å². The van der Waals surface area contributed by atoms with Crippen molar-refractivity contribution in [2.75, 3.05) is 0 Å². The molecule has 0 spiro atoms. The third kappa shape index (κ3) is 7.04. The molecule has 2 aromatic carbocycles. The van der Waals surface area contributed by atoms with Gasteiger partial charge in [0, 0.05) is 6.20 Å². The number of benzene rings is 2. The minimum atomic E-state index is -4.80. The molecule has 12 heteroatoms. The summed E-state index contributed by atoms with van der Waals surface area (Å²) < 4.78 is 94.7. The van der Waals surface area contributed by atoms with Gasteiger partial charge in [-0.1, -0.05) is 51.1 Å². The number of hydrogen-bond acceptors (Lipinski definition) is 5. The van der Waals surface area contributed by atoms with Crippen LogP contribution in [0.5, 0.6) is 0 Å². The first kappa shape index (κ1) is 34.1. The monoisotopic (exact) mass is 640 g/mol. The fourth-order valence-electron chi connectivity index (χ4n) is 3.78. The van der Waals surface area contributed by atoms with E-state index < -0.39 is 56.6 Å². The molecular weight excluding hydrogens is 602 g/mol. The van der Waals surface area contributed by atoms with Gasteiger partial charge in [-0.3, -0.25) is 4.98 Å². The van der Waals surface area contributed by atoms with Crippen molar-refractivity contribution in [3.05, 3.63) is 95.3 Å². The second-order valence-corrected chi connectivity index (χ2v) is 21.4. The van der Waals surface area contributed by atoms with Crippen molar-refractivity contribution in [3.63, 3.8) is 0 Å². The first-order valence-corrected chi connectivity index (χ1v) is 19.0. The van der Waals surface area contributed by atoms with Crippen molar-refractivity contribution in [3.8, 4) is 0 Å². The molecule has 0 fully saturated rings. The minimum Gasteiger partial charge on any atom is -0.413 e. The smallest absolute Gasteiger partial charge is 0.233 e. The molecule has 0 saturated carbocycles. The van der Waals surface area contributed by atoms with Gasteiger partial charge in [0.15, 0.2) is 20.0 Å². The lowest BCUT2D eigenvalue weighted by atomic mass is 9.87. The average molecular weight is 641 g/mol. The number of alkyl halides is 1. The zero-order valence-corrected chi connectivity index (χ0v) is 27.8. The van der Waals surface area contributed by atoms with E-state index in [-0.39, 0.29) is 27.8 Å². The molecule has 0 saturated heterocycles. The average Bonchev–Trinajstić information content (AvgIpc) is 2.91. The Morgan fingerprint density at radius 1 is 0.952 bits per heavy atom. The van der Waals surface area contributed by atoms with Gasteiger partial charge in [-0.05, 0) is 80.4 Å². The molecule has 0 aliphatic carbocycles. The van der Waals surface area contributed by atoms with Crippen LogP contribution in [0.3, 0.4) is 0 Å². The van der Waals surface area contributed by atoms with Crippen molar-refractivity contribution in [1.82, 2.24) is 9.71 Å². The van der Waals surface area contributed by atoms with Crippen LogP contribution in [0.4, 0.5) is 13.2 Å². The summed E-state index contributed by atoms with van der Waals surface area (Å²) in [7, 11) is -9.02. The van der Waals surface area contributed by atoms with E-state index in [2.05, 4.69) is 43.6 Å². The van der Waals surface area contributed by atoms with Crippen LogP contribution < -0.4 is 4.72 Å². The van der Waals surface area contributed by atoms with Crippen LogP contribution in [0.25, 0.3) is 0 Å². The summed E-state index contributed by atoms with van der Waals surface area (Å²) in [6.45, 7) is 15.5. The van der Waals surface area contributed by atoms with Crippen LogP contribution in [0, 0.1) is 11.6 Å². The number of nitrogens with one attached hydrogen (secondary N) is 1. The third-order valence-corrected chi connectivity index (χ3v) is 15.4. The van der Waals surface area contributed by atoms with Gasteiger partial charge in [0.25, 0.3) is 0 Å². The van der Waals surface area contributed by atoms with Gasteiger partial charge in [0.1, 0.15) is 5.54 Å². The predicted octanol–water partition coefficient (Wildman–Crippen LogP) is 6.95. The summed E-state index contributed by atoms with van der Waals surface area (Å²) in [4.78, 5) is 4.08. The maximum Gasteiger partial charge on any atom is 0.233 e. The van der Waals surface area contributed by atoms with Crippen molar-refractivity contribution in [2.24, 2.45) is 0 Å². The standard InChI is InChI=1S/C30H39F3N2O4S2Si/c1-28(2,3)40(36)35-30(22-15-16-24(31)25(32)18-22,27(33)41(37,38)23-12-10-9-11-13-23)26-17-14-21(19-34-26)20-39-42(7,8)29(4,5)6/h9-19,27,35H,20H2,1-8H3/t27-,30?,40?/m0/s1. The van der Waals surface area contributed by atoms with E-state index in [1.54, 1.807) is 32.9 Å². The van der Waals surface area contributed by atoms with E-state index >= 15 is 4.39 Å². The minimum absolute atomic E-state index is 0.0453. The molecule has 1 aromatic heterocycles. The van der Waals surface area contributed by atoms with Crippen LogP contribution >= 0.6 is 0 Å². The first-order valence-electron chi connectivity index (χ1n) is 13.4. The van der Waals surface area contributed by atoms with Gasteiger partial charge in [-0.25, -0.2) is 30.5 Å². The number of halogens is 3. The Balaban J connectivity index is 2.27. The second-order valence-electron chi connectivity index (χ2n) is 12.7. The molecule has 0 bridgehead atoms. The van der Waals surface area contributed by atoms with E-state index in [4.69, 9.17) is 4.43 Å². The van der Waals surface area contributed by atoms with Crippen LogP contribution in [-0.2, 0) is 37.4 Å². The second kappa shape index (κ2) is 12.3. The van der Waals surface area contributed by atoms with Crippen LogP contribution in [0.1, 0.15) is 58.4 Å². The number of hydrogen-bond donors (Lipinski definition) is 1. The Morgan fingerprint density at radius 2 is 1.57 bits per heavy atom. The Hall–Kier alpha value is -2.38. The molecule has 0 radical (unpaired) electrons. The highest BCUT2D eigenvalue weighted by molar-refractivity contribution is 7.92. The molecule has 1 N–H and O–H groups in total. The van der Waals surface area contributed by atoms with E-state index in [1.807, 2.05) is 0 Å². The Morgan fingerprint density at radius 3 is 2.07 bits per heavy atom. The highest BCUT2D eigenvalue weighted by atomic mass is 32.2. The van der Waals surface area contributed by atoms with E-state index in [9.17, 15) is 21.4 Å². The third-order valence-electron chi connectivity index (χ3n) is 7.50. The van der Waals surface area contributed by atoms with Gasteiger partial charge in [-0.2, -0.15) is 0 Å². The summed E-state index contributed by atoms with van der Waals surface area (Å²) in [5.74, 6) is -2.54. The lowest BCUT2D eigenvalue weighted by Crippen LogP contribution is -2.57. The predicted molar refractivity (Wildman–Crippen MR) is 163 cm³/mol. The van der Waals surface area contributed by atoms with Gasteiger partial charge in [-0.15, -0.1) is 0 Å². The van der Waals surface area contributed by atoms with Gasteiger partial charge < -0.3 is 4.43 Å². The summed E-state index contributed by atoms with van der Waals surface area (Å²) in [6, 6.07) is 12.4. The fraction of sp³-hybridized carbons (Fsp3) is 0.433. The first-order chi connectivity index (χ1) is 19.2. The molecule has 0 amide bonds. The number of sulfone groups is 1. The normalized spacial score (nSPS) is 16.1. The summed E-state index contributed by atoms with van der Waals surface area (Å²) in [5, 5.41) is -0.0453. The SMILES string of the molecule is CC(C)(C)S(=O)NC(c1ccc(F)c(F)c1)(c1ccc(CO[Si](C)(C)C(C)(C)C)cn1)[C@@H](F)S(=O)(=O)c1ccccc1. The van der Waals surface area contributed by atoms with Gasteiger partial charge >= 0.3 is 0 Å². The Kier molecular flexibility index (Phi) is 10.0.